The summed E-state index contributed by atoms with van der Waals surface area (Å²) in [7, 11) is -3.68. The summed E-state index contributed by atoms with van der Waals surface area (Å²) in [5.74, 6) is -0.369. The van der Waals surface area contributed by atoms with Crippen LogP contribution in [0.1, 0.15) is 44.9 Å². The van der Waals surface area contributed by atoms with Crippen LogP contribution in [-0.4, -0.2) is 41.5 Å². The van der Waals surface area contributed by atoms with Crippen molar-refractivity contribution in [1.82, 2.24) is 14.1 Å². The van der Waals surface area contributed by atoms with Crippen molar-refractivity contribution in [2.75, 3.05) is 18.4 Å². The number of nitrogens with one attached hydrogen (secondary N) is 1. The fourth-order valence-electron chi connectivity index (χ4n) is 3.90. The topological polar surface area (TPSA) is 101 Å². The zero-order chi connectivity index (χ0) is 25.8. The molecule has 1 aromatic heterocycles. The molecule has 2 aromatic carbocycles. The minimum absolute atomic E-state index is 0.195. The standard InChI is InChI=1S/C26H32N4O4S/c1-6-20-11-9-10-12-22(20)27-26(32)19(5)30-25(31)16-15-23(28-30)21-14-13-18(4)24(17-21)35(33,34)29(7-2)8-3/h9-17,19H,6-8H2,1-5H3,(H,27,32)/t19-/m0/s1. The van der Waals surface area contributed by atoms with Crippen LogP contribution in [0.5, 0.6) is 0 Å². The van der Waals surface area contributed by atoms with Gasteiger partial charge in [-0.3, -0.25) is 9.59 Å². The zero-order valence-electron chi connectivity index (χ0n) is 20.8. The fourth-order valence-corrected chi connectivity index (χ4v) is 5.60. The molecule has 186 valence electrons. The third-order valence-corrected chi connectivity index (χ3v) is 8.23. The highest BCUT2D eigenvalue weighted by Gasteiger charge is 2.25. The van der Waals surface area contributed by atoms with E-state index in [-0.39, 0.29) is 10.8 Å². The van der Waals surface area contributed by atoms with Gasteiger partial charge >= 0.3 is 0 Å². The average molecular weight is 497 g/mol. The molecule has 0 bridgehead atoms. The number of aryl methyl sites for hydroxylation is 2. The summed E-state index contributed by atoms with van der Waals surface area (Å²) in [6.07, 6.45) is 0.755. The molecule has 35 heavy (non-hydrogen) atoms. The van der Waals surface area contributed by atoms with Gasteiger partial charge < -0.3 is 5.32 Å². The van der Waals surface area contributed by atoms with Crippen molar-refractivity contribution in [3.8, 4) is 11.3 Å². The molecule has 9 heteroatoms. The van der Waals surface area contributed by atoms with Crippen molar-refractivity contribution < 1.29 is 13.2 Å². The van der Waals surface area contributed by atoms with Gasteiger partial charge in [-0.15, -0.1) is 0 Å². The van der Waals surface area contributed by atoms with E-state index >= 15 is 0 Å². The highest BCUT2D eigenvalue weighted by atomic mass is 32.2. The van der Waals surface area contributed by atoms with Crippen molar-refractivity contribution in [2.45, 2.75) is 52.0 Å². The van der Waals surface area contributed by atoms with Crippen molar-refractivity contribution in [3.63, 3.8) is 0 Å². The average Bonchev–Trinajstić information content (AvgIpc) is 2.85. The third-order valence-electron chi connectivity index (χ3n) is 6.03. The van der Waals surface area contributed by atoms with Gasteiger partial charge in [-0.25, -0.2) is 13.1 Å². The van der Waals surface area contributed by atoms with E-state index in [1.54, 1.807) is 45.9 Å². The number of hydrogen-bond donors (Lipinski definition) is 1. The van der Waals surface area contributed by atoms with Crippen molar-refractivity contribution in [1.29, 1.82) is 0 Å². The van der Waals surface area contributed by atoms with Gasteiger partial charge in [0.25, 0.3) is 5.56 Å². The van der Waals surface area contributed by atoms with E-state index in [9.17, 15) is 18.0 Å². The first kappa shape index (κ1) is 26.3. The molecule has 0 spiro atoms. The number of para-hydroxylation sites is 1. The summed E-state index contributed by atoms with van der Waals surface area (Å²) in [6.45, 7) is 9.66. The number of amides is 1. The lowest BCUT2D eigenvalue weighted by Crippen LogP contribution is -2.33. The maximum atomic E-state index is 13.1. The number of rotatable bonds is 9. The van der Waals surface area contributed by atoms with Gasteiger partial charge in [-0.1, -0.05) is 51.1 Å². The molecule has 3 aromatic rings. The van der Waals surface area contributed by atoms with Crippen molar-refractivity contribution in [2.24, 2.45) is 0 Å². The molecule has 0 aliphatic heterocycles. The highest BCUT2D eigenvalue weighted by molar-refractivity contribution is 7.89. The summed E-state index contributed by atoms with van der Waals surface area (Å²) in [6, 6.07) is 14.6. The van der Waals surface area contributed by atoms with Gasteiger partial charge in [0.1, 0.15) is 6.04 Å². The number of anilines is 1. The van der Waals surface area contributed by atoms with Crippen LogP contribution in [0.2, 0.25) is 0 Å². The largest absolute Gasteiger partial charge is 0.324 e. The molecule has 0 unspecified atom stereocenters. The smallest absolute Gasteiger partial charge is 0.267 e. The lowest BCUT2D eigenvalue weighted by molar-refractivity contribution is -0.119. The second-order valence-electron chi connectivity index (χ2n) is 8.25. The maximum Gasteiger partial charge on any atom is 0.267 e. The van der Waals surface area contributed by atoms with Crippen LogP contribution >= 0.6 is 0 Å². The van der Waals surface area contributed by atoms with E-state index in [0.29, 0.717) is 35.6 Å². The number of carbonyl (C=O) groups excluding carboxylic acids is 1. The van der Waals surface area contributed by atoms with Gasteiger partial charge in [0.05, 0.1) is 10.6 Å². The first-order valence-corrected chi connectivity index (χ1v) is 13.2. The highest BCUT2D eigenvalue weighted by Crippen LogP contribution is 2.26. The van der Waals surface area contributed by atoms with Crippen LogP contribution in [0.3, 0.4) is 0 Å². The third kappa shape index (κ3) is 5.52. The van der Waals surface area contributed by atoms with Crippen LogP contribution in [0.15, 0.2) is 64.3 Å². The van der Waals surface area contributed by atoms with Gasteiger partial charge in [-0.05, 0) is 49.6 Å². The second-order valence-corrected chi connectivity index (χ2v) is 10.2. The van der Waals surface area contributed by atoms with Gasteiger partial charge in [0, 0.05) is 30.4 Å². The normalized spacial score (nSPS) is 12.5. The molecule has 1 heterocycles. The lowest BCUT2D eigenvalue weighted by atomic mass is 10.1. The molecule has 1 amide bonds. The number of benzene rings is 2. The van der Waals surface area contributed by atoms with E-state index in [0.717, 1.165) is 16.7 Å². The minimum Gasteiger partial charge on any atom is -0.324 e. The van der Waals surface area contributed by atoms with E-state index in [1.807, 2.05) is 31.2 Å². The van der Waals surface area contributed by atoms with Gasteiger partial charge in [0.2, 0.25) is 15.9 Å². The Morgan fingerprint density at radius 2 is 1.74 bits per heavy atom. The monoisotopic (exact) mass is 496 g/mol. The summed E-state index contributed by atoms with van der Waals surface area (Å²) >= 11 is 0. The summed E-state index contributed by atoms with van der Waals surface area (Å²) in [5, 5.41) is 7.31. The van der Waals surface area contributed by atoms with Crippen molar-refractivity contribution >= 4 is 21.6 Å². The van der Waals surface area contributed by atoms with Gasteiger partial charge in [-0.2, -0.15) is 9.40 Å². The Hall–Kier alpha value is -3.30. The van der Waals surface area contributed by atoms with Crippen LogP contribution in [0, 0.1) is 6.92 Å². The molecule has 1 N–H and O–H groups in total. The van der Waals surface area contributed by atoms with E-state index < -0.39 is 21.6 Å². The number of carbonyl (C=O) groups is 1. The number of aromatic nitrogens is 2. The molecule has 0 fully saturated rings. The molecule has 0 aliphatic rings. The Morgan fingerprint density at radius 1 is 1.06 bits per heavy atom. The molecule has 8 nitrogen and oxygen atoms in total. The predicted molar refractivity (Wildman–Crippen MR) is 138 cm³/mol. The van der Waals surface area contributed by atoms with Crippen LogP contribution in [0.4, 0.5) is 5.69 Å². The fraction of sp³-hybridized carbons (Fsp3) is 0.346. The van der Waals surface area contributed by atoms with Crippen molar-refractivity contribution in [3.05, 3.63) is 76.1 Å². The van der Waals surface area contributed by atoms with Crippen LogP contribution in [0.25, 0.3) is 11.3 Å². The summed E-state index contributed by atoms with van der Waals surface area (Å²) in [4.78, 5) is 25.7. The lowest BCUT2D eigenvalue weighted by Gasteiger charge is -2.20. The Labute approximate surface area is 206 Å². The van der Waals surface area contributed by atoms with E-state index in [4.69, 9.17) is 0 Å². The Bertz CT molecular complexity index is 1380. The minimum atomic E-state index is -3.68. The van der Waals surface area contributed by atoms with E-state index in [2.05, 4.69) is 10.4 Å². The Kier molecular flexibility index (Phi) is 8.24. The first-order chi connectivity index (χ1) is 16.6. The second kappa shape index (κ2) is 11.0. The number of sulfonamides is 1. The summed E-state index contributed by atoms with van der Waals surface area (Å²) in [5.41, 5.74) is 2.82. The van der Waals surface area contributed by atoms with Crippen LogP contribution in [-0.2, 0) is 21.2 Å². The molecule has 1 atom stereocenters. The summed E-state index contributed by atoms with van der Waals surface area (Å²) < 4.78 is 28.8. The van der Waals surface area contributed by atoms with Gasteiger partial charge in [0.15, 0.2) is 0 Å². The zero-order valence-corrected chi connectivity index (χ0v) is 21.6. The Morgan fingerprint density at radius 3 is 2.40 bits per heavy atom. The molecule has 0 aliphatic carbocycles. The SMILES string of the molecule is CCc1ccccc1NC(=O)[C@H](C)n1nc(-c2ccc(C)c(S(=O)(=O)N(CC)CC)c2)ccc1=O. The first-order valence-electron chi connectivity index (χ1n) is 11.7. The molecule has 0 saturated carbocycles. The molecular weight excluding hydrogens is 464 g/mol. The predicted octanol–water partition coefficient (Wildman–Crippen LogP) is 4.01. The molecular formula is C26H32N4O4S. The Balaban J connectivity index is 1.98. The number of nitrogens with zero attached hydrogens (tertiary/aromatic N) is 3. The quantitative estimate of drug-likeness (QED) is 0.482. The molecule has 0 radical (unpaired) electrons. The van der Waals surface area contributed by atoms with Crippen LogP contribution < -0.4 is 10.9 Å². The van der Waals surface area contributed by atoms with E-state index in [1.165, 1.54) is 16.4 Å². The maximum absolute atomic E-state index is 13.1. The molecule has 0 saturated heterocycles. The number of hydrogen-bond acceptors (Lipinski definition) is 5. The molecule has 3 rings (SSSR count).